The van der Waals surface area contributed by atoms with Crippen molar-refractivity contribution >= 4 is 29.1 Å². The highest BCUT2D eigenvalue weighted by Gasteiger charge is 2.17. The summed E-state index contributed by atoms with van der Waals surface area (Å²) in [5.41, 5.74) is 1.46. The quantitative estimate of drug-likeness (QED) is 0.831. The van der Waals surface area contributed by atoms with E-state index in [0.29, 0.717) is 16.8 Å². The van der Waals surface area contributed by atoms with Gasteiger partial charge in [0.15, 0.2) is 0 Å². The topological polar surface area (TPSA) is 76.0 Å². The molecule has 2 N–H and O–H groups in total. The van der Waals surface area contributed by atoms with Crippen LogP contribution in [0.25, 0.3) is 0 Å². The van der Waals surface area contributed by atoms with Gasteiger partial charge in [-0.1, -0.05) is 36.6 Å². The zero-order valence-corrected chi connectivity index (χ0v) is 14.6. The molecule has 0 atom stereocenters. The summed E-state index contributed by atoms with van der Waals surface area (Å²) in [5.74, 6) is -0.189. The van der Waals surface area contributed by atoms with E-state index in [9.17, 15) is 9.59 Å². The molecule has 7 heteroatoms. The van der Waals surface area contributed by atoms with Crippen LogP contribution >= 0.6 is 11.6 Å². The Labute approximate surface area is 151 Å². The number of aromatic nitrogens is 2. The number of benzene rings is 1. The van der Waals surface area contributed by atoms with Gasteiger partial charge in [-0.05, 0) is 30.5 Å². The maximum Gasteiger partial charge on any atom is 0.241 e. The van der Waals surface area contributed by atoms with Gasteiger partial charge in [-0.25, -0.2) is 0 Å². The number of anilines is 1. The standard InChI is InChI=1S/C18H21ClN4O2/c19-14-7-5-13(6-8-14)9-17(24)22-16-10-20-23(11-16)12-18(25)21-15-3-1-2-4-15/h5-8,10-11,15H,1-4,9,12H2,(H,21,25)(H,22,24). The van der Waals surface area contributed by atoms with Crippen LogP contribution in [0.4, 0.5) is 5.69 Å². The van der Waals surface area contributed by atoms with Crippen molar-refractivity contribution in [2.24, 2.45) is 0 Å². The number of carbonyl (C=O) groups excluding carboxylic acids is 2. The summed E-state index contributed by atoms with van der Waals surface area (Å²) < 4.78 is 1.53. The lowest BCUT2D eigenvalue weighted by Gasteiger charge is -2.11. The molecular weight excluding hydrogens is 340 g/mol. The van der Waals surface area contributed by atoms with Crippen LogP contribution in [-0.4, -0.2) is 27.6 Å². The highest BCUT2D eigenvalue weighted by Crippen LogP contribution is 2.17. The molecule has 25 heavy (non-hydrogen) atoms. The fraction of sp³-hybridized carbons (Fsp3) is 0.389. The van der Waals surface area contributed by atoms with Crippen molar-refractivity contribution in [3.63, 3.8) is 0 Å². The third-order valence-electron chi connectivity index (χ3n) is 4.22. The summed E-state index contributed by atoms with van der Waals surface area (Å²) >= 11 is 5.83. The van der Waals surface area contributed by atoms with Crippen molar-refractivity contribution < 1.29 is 9.59 Å². The zero-order chi connectivity index (χ0) is 17.6. The van der Waals surface area contributed by atoms with Crippen molar-refractivity contribution in [3.05, 3.63) is 47.2 Å². The van der Waals surface area contributed by atoms with E-state index in [-0.39, 0.29) is 24.8 Å². The van der Waals surface area contributed by atoms with Gasteiger partial charge in [0, 0.05) is 17.3 Å². The Hall–Kier alpha value is -2.34. The van der Waals surface area contributed by atoms with Gasteiger partial charge in [-0.15, -0.1) is 0 Å². The van der Waals surface area contributed by atoms with E-state index in [1.165, 1.54) is 17.5 Å². The minimum absolute atomic E-state index is 0.0472. The van der Waals surface area contributed by atoms with Crippen LogP contribution in [-0.2, 0) is 22.6 Å². The first kappa shape index (κ1) is 17.5. The highest BCUT2D eigenvalue weighted by atomic mass is 35.5. The fourth-order valence-electron chi connectivity index (χ4n) is 3.00. The minimum Gasteiger partial charge on any atom is -0.352 e. The monoisotopic (exact) mass is 360 g/mol. The highest BCUT2D eigenvalue weighted by molar-refractivity contribution is 6.30. The van der Waals surface area contributed by atoms with E-state index >= 15 is 0 Å². The Kier molecular flexibility index (Phi) is 5.71. The number of nitrogens with zero attached hydrogens (tertiary/aromatic N) is 2. The number of hydrogen-bond donors (Lipinski definition) is 2. The molecule has 1 aromatic heterocycles. The molecule has 6 nitrogen and oxygen atoms in total. The van der Waals surface area contributed by atoms with Gasteiger partial charge in [0.05, 0.1) is 18.3 Å². The molecule has 0 aliphatic heterocycles. The third-order valence-corrected chi connectivity index (χ3v) is 4.47. The normalized spacial score (nSPS) is 14.4. The molecule has 0 unspecified atom stereocenters. The Morgan fingerprint density at radius 2 is 1.88 bits per heavy atom. The number of rotatable bonds is 6. The molecule has 3 rings (SSSR count). The second-order valence-corrected chi connectivity index (χ2v) is 6.76. The SMILES string of the molecule is O=C(Cc1ccc(Cl)cc1)Nc1cnn(CC(=O)NC2CCCC2)c1. The minimum atomic E-state index is -0.141. The Balaban J connectivity index is 1.48. The van der Waals surface area contributed by atoms with Crippen molar-refractivity contribution in [2.45, 2.75) is 44.7 Å². The molecule has 0 saturated heterocycles. The van der Waals surface area contributed by atoms with Crippen LogP contribution in [0, 0.1) is 0 Å². The predicted octanol–water partition coefficient (Wildman–Crippen LogP) is 2.78. The van der Waals surface area contributed by atoms with E-state index in [1.54, 1.807) is 24.5 Å². The second-order valence-electron chi connectivity index (χ2n) is 6.33. The van der Waals surface area contributed by atoms with Crippen LogP contribution in [0.1, 0.15) is 31.2 Å². The molecular formula is C18H21ClN4O2. The second kappa shape index (κ2) is 8.16. The molecule has 1 aliphatic rings. The maximum atomic E-state index is 12.1. The zero-order valence-electron chi connectivity index (χ0n) is 13.9. The number of amides is 2. The summed E-state index contributed by atoms with van der Waals surface area (Å²) in [7, 11) is 0. The number of hydrogen-bond acceptors (Lipinski definition) is 3. The Bertz CT molecular complexity index is 736. The van der Waals surface area contributed by atoms with Crippen molar-refractivity contribution in [3.8, 4) is 0 Å². The van der Waals surface area contributed by atoms with Gasteiger partial charge < -0.3 is 10.6 Å². The molecule has 1 fully saturated rings. The summed E-state index contributed by atoms with van der Waals surface area (Å²) in [6.45, 7) is 0.156. The first-order chi connectivity index (χ1) is 12.1. The van der Waals surface area contributed by atoms with E-state index in [0.717, 1.165) is 18.4 Å². The lowest BCUT2D eigenvalue weighted by molar-refractivity contribution is -0.122. The molecule has 0 bridgehead atoms. The van der Waals surface area contributed by atoms with Crippen LogP contribution < -0.4 is 10.6 Å². The number of nitrogens with one attached hydrogen (secondary N) is 2. The van der Waals surface area contributed by atoms with Gasteiger partial charge in [-0.2, -0.15) is 5.10 Å². The van der Waals surface area contributed by atoms with Gasteiger partial charge in [0.1, 0.15) is 6.54 Å². The van der Waals surface area contributed by atoms with Gasteiger partial charge in [-0.3, -0.25) is 14.3 Å². The molecule has 2 amide bonds. The first-order valence-corrected chi connectivity index (χ1v) is 8.82. The summed E-state index contributed by atoms with van der Waals surface area (Å²) in [6, 6.07) is 7.44. The van der Waals surface area contributed by atoms with E-state index < -0.39 is 0 Å². The van der Waals surface area contributed by atoms with Crippen molar-refractivity contribution in [1.29, 1.82) is 0 Å². The van der Waals surface area contributed by atoms with Gasteiger partial charge in [0.25, 0.3) is 0 Å². The first-order valence-electron chi connectivity index (χ1n) is 8.44. The molecule has 0 spiro atoms. The molecule has 2 aromatic rings. The fourth-order valence-corrected chi connectivity index (χ4v) is 3.12. The number of carbonyl (C=O) groups is 2. The summed E-state index contributed by atoms with van der Waals surface area (Å²) in [5, 5.41) is 10.6. The molecule has 0 radical (unpaired) electrons. The van der Waals surface area contributed by atoms with E-state index in [2.05, 4.69) is 15.7 Å². The van der Waals surface area contributed by atoms with Crippen molar-refractivity contribution in [1.82, 2.24) is 15.1 Å². The Morgan fingerprint density at radius 1 is 1.16 bits per heavy atom. The van der Waals surface area contributed by atoms with Crippen molar-refractivity contribution in [2.75, 3.05) is 5.32 Å². The average molecular weight is 361 g/mol. The van der Waals surface area contributed by atoms with E-state index in [4.69, 9.17) is 11.6 Å². The molecule has 1 aliphatic carbocycles. The molecule has 1 saturated carbocycles. The Morgan fingerprint density at radius 3 is 2.60 bits per heavy atom. The molecule has 1 heterocycles. The lowest BCUT2D eigenvalue weighted by atomic mass is 10.1. The smallest absolute Gasteiger partial charge is 0.241 e. The van der Waals surface area contributed by atoms with Gasteiger partial charge in [0.2, 0.25) is 11.8 Å². The van der Waals surface area contributed by atoms with Crippen LogP contribution in [0.3, 0.4) is 0 Å². The third kappa shape index (κ3) is 5.32. The maximum absolute atomic E-state index is 12.1. The molecule has 132 valence electrons. The average Bonchev–Trinajstić information content (AvgIpc) is 3.22. The largest absolute Gasteiger partial charge is 0.352 e. The van der Waals surface area contributed by atoms with Crippen LogP contribution in [0.5, 0.6) is 0 Å². The van der Waals surface area contributed by atoms with E-state index in [1.807, 2.05) is 12.1 Å². The van der Waals surface area contributed by atoms with Crippen LogP contribution in [0.2, 0.25) is 5.02 Å². The lowest BCUT2D eigenvalue weighted by Crippen LogP contribution is -2.35. The molecule has 1 aromatic carbocycles. The number of halogens is 1. The summed E-state index contributed by atoms with van der Waals surface area (Å²) in [6.07, 6.45) is 7.92. The van der Waals surface area contributed by atoms with Crippen LogP contribution in [0.15, 0.2) is 36.7 Å². The van der Waals surface area contributed by atoms with Gasteiger partial charge >= 0.3 is 0 Å². The summed E-state index contributed by atoms with van der Waals surface area (Å²) in [4.78, 5) is 24.1. The predicted molar refractivity (Wildman–Crippen MR) is 96.4 cm³/mol.